The molecule has 3 rings (SSSR count). The summed E-state index contributed by atoms with van der Waals surface area (Å²) in [4.78, 5) is 25.5. The maximum atomic E-state index is 12.2. The number of aryl methyl sites for hydroxylation is 1. The number of methoxy groups -OCH3 is 1. The molecule has 0 aromatic heterocycles. The first kappa shape index (κ1) is 20.0. The van der Waals surface area contributed by atoms with Crippen LogP contribution in [0.4, 0.5) is 0 Å². The van der Waals surface area contributed by atoms with E-state index in [0.717, 1.165) is 16.2 Å². The minimum Gasteiger partial charge on any atom is -0.496 e. The van der Waals surface area contributed by atoms with Gasteiger partial charge in [0.1, 0.15) is 11.3 Å². The zero-order valence-electron chi connectivity index (χ0n) is 16.3. The van der Waals surface area contributed by atoms with Gasteiger partial charge in [-0.3, -0.25) is 0 Å². The Hall–Kier alpha value is -2.73. The van der Waals surface area contributed by atoms with Crippen LogP contribution in [0.25, 0.3) is 6.08 Å². The van der Waals surface area contributed by atoms with Crippen LogP contribution in [0.1, 0.15) is 30.5 Å². The number of thioether (sulfide) groups is 1. The van der Waals surface area contributed by atoms with Crippen molar-refractivity contribution in [1.29, 1.82) is 0 Å². The van der Waals surface area contributed by atoms with Gasteiger partial charge in [-0.1, -0.05) is 23.8 Å². The number of carbonyl (C=O) groups excluding carboxylic acids is 2. The second-order valence-electron chi connectivity index (χ2n) is 6.91. The summed E-state index contributed by atoms with van der Waals surface area (Å²) in [5.41, 5.74) is 2.75. The zero-order chi connectivity index (χ0) is 20.3. The van der Waals surface area contributed by atoms with E-state index in [1.165, 1.54) is 25.5 Å². The van der Waals surface area contributed by atoms with Gasteiger partial charge in [0, 0.05) is 30.1 Å². The lowest BCUT2D eigenvalue weighted by molar-refractivity contribution is -0.222. The number of hydrogen-bond acceptors (Lipinski definition) is 6. The van der Waals surface area contributed by atoms with Crippen LogP contribution >= 0.6 is 11.8 Å². The van der Waals surface area contributed by atoms with E-state index < -0.39 is 17.7 Å². The standard InChI is InChI=1S/C22H22O5S/c1-14-5-8-17(9-6-14)28-13-16-11-15(7-10-19(16)25-4)12-18-20(23)26-22(2,3)27-21(18)24/h5-12H,13H2,1-4H3. The van der Waals surface area contributed by atoms with E-state index in [4.69, 9.17) is 14.2 Å². The number of carbonyl (C=O) groups is 2. The van der Waals surface area contributed by atoms with E-state index in [0.29, 0.717) is 11.3 Å². The van der Waals surface area contributed by atoms with Crippen LogP contribution in [0, 0.1) is 6.92 Å². The molecule has 1 aliphatic heterocycles. The van der Waals surface area contributed by atoms with Crippen molar-refractivity contribution in [1.82, 2.24) is 0 Å². The summed E-state index contributed by atoms with van der Waals surface area (Å²) in [6.07, 6.45) is 1.49. The SMILES string of the molecule is COc1ccc(C=C2C(=O)OC(C)(C)OC2=O)cc1CSc1ccc(C)cc1. The first-order chi connectivity index (χ1) is 13.3. The third kappa shape index (κ3) is 4.75. The fourth-order valence-electron chi connectivity index (χ4n) is 2.74. The Morgan fingerprint density at radius 1 is 1.04 bits per heavy atom. The van der Waals surface area contributed by atoms with E-state index in [1.54, 1.807) is 24.9 Å². The fraction of sp³-hybridized carbons (Fsp3) is 0.273. The van der Waals surface area contributed by atoms with Crippen LogP contribution in [0.15, 0.2) is 52.9 Å². The molecule has 6 heteroatoms. The van der Waals surface area contributed by atoms with Crippen LogP contribution in [0.5, 0.6) is 5.75 Å². The molecular formula is C22H22O5S. The molecule has 2 aromatic rings. The van der Waals surface area contributed by atoms with Gasteiger partial charge in [0.15, 0.2) is 0 Å². The molecule has 0 spiro atoms. The maximum absolute atomic E-state index is 12.2. The van der Waals surface area contributed by atoms with Crippen LogP contribution in [0.3, 0.4) is 0 Å². The van der Waals surface area contributed by atoms with Crippen molar-refractivity contribution >= 4 is 29.8 Å². The number of rotatable bonds is 5. The molecule has 5 nitrogen and oxygen atoms in total. The third-order valence-corrected chi connectivity index (χ3v) is 5.21. The quantitative estimate of drug-likeness (QED) is 0.319. The van der Waals surface area contributed by atoms with Gasteiger partial charge >= 0.3 is 11.9 Å². The molecule has 0 bridgehead atoms. The largest absolute Gasteiger partial charge is 0.496 e. The second-order valence-corrected chi connectivity index (χ2v) is 7.96. The van der Waals surface area contributed by atoms with Crippen molar-refractivity contribution < 1.29 is 23.8 Å². The highest BCUT2D eigenvalue weighted by Gasteiger charge is 2.38. The Labute approximate surface area is 168 Å². The number of hydrogen-bond donors (Lipinski definition) is 0. The summed E-state index contributed by atoms with van der Waals surface area (Å²) < 4.78 is 15.7. The van der Waals surface area contributed by atoms with Crippen molar-refractivity contribution in [3.05, 3.63) is 64.7 Å². The highest BCUT2D eigenvalue weighted by Crippen LogP contribution is 2.30. The van der Waals surface area contributed by atoms with E-state index in [9.17, 15) is 9.59 Å². The first-order valence-electron chi connectivity index (χ1n) is 8.82. The summed E-state index contributed by atoms with van der Waals surface area (Å²) in [6, 6.07) is 13.8. The molecule has 1 fully saturated rings. The van der Waals surface area contributed by atoms with Crippen LogP contribution in [-0.2, 0) is 24.8 Å². The maximum Gasteiger partial charge on any atom is 0.348 e. The fourth-order valence-corrected chi connectivity index (χ4v) is 3.62. The molecule has 0 amide bonds. The lowest BCUT2D eigenvalue weighted by atomic mass is 10.1. The number of cyclic esters (lactones) is 2. The lowest BCUT2D eigenvalue weighted by Crippen LogP contribution is -2.41. The molecule has 28 heavy (non-hydrogen) atoms. The van der Waals surface area contributed by atoms with Crippen molar-refractivity contribution in [2.75, 3.05) is 7.11 Å². The van der Waals surface area contributed by atoms with E-state index in [-0.39, 0.29) is 5.57 Å². The molecule has 146 valence electrons. The molecule has 1 saturated heterocycles. The Morgan fingerprint density at radius 3 is 2.29 bits per heavy atom. The Kier molecular flexibility index (Phi) is 5.79. The zero-order valence-corrected chi connectivity index (χ0v) is 17.1. The normalized spacial score (nSPS) is 15.6. The van der Waals surface area contributed by atoms with E-state index in [1.807, 2.05) is 12.1 Å². The van der Waals surface area contributed by atoms with Crippen molar-refractivity contribution in [3.63, 3.8) is 0 Å². The molecule has 0 aliphatic carbocycles. The van der Waals surface area contributed by atoms with E-state index >= 15 is 0 Å². The molecule has 2 aromatic carbocycles. The summed E-state index contributed by atoms with van der Waals surface area (Å²) >= 11 is 1.68. The first-order valence-corrected chi connectivity index (χ1v) is 9.81. The summed E-state index contributed by atoms with van der Waals surface area (Å²) in [5.74, 6) is -1.19. The van der Waals surface area contributed by atoms with E-state index in [2.05, 4.69) is 31.2 Å². The predicted molar refractivity (Wildman–Crippen MR) is 108 cm³/mol. The van der Waals surface area contributed by atoms with Crippen LogP contribution in [0.2, 0.25) is 0 Å². The Balaban J connectivity index is 1.83. The highest BCUT2D eigenvalue weighted by atomic mass is 32.2. The molecule has 0 N–H and O–H groups in total. The van der Waals surface area contributed by atoms with Crippen molar-refractivity contribution in [2.24, 2.45) is 0 Å². The smallest absolute Gasteiger partial charge is 0.348 e. The highest BCUT2D eigenvalue weighted by molar-refractivity contribution is 7.98. The van der Waals surface area contributed by atoms with Gasteiger partial charge in [0.05, 0.1) is 7.11 Å². The lowest BCUT2D eigenvalue weighted by Gasteiger charge is -2.29. The molecule has 0 saturated carbocycles. The second kappa shape index (κ2) is 8.10. The van der Waals surface area contributed by atoms with Gasteiger partial charge in [-0.2, -0.15) is 0 Å². The summed E-state index contributed by atoms with van der Waals surface area (Å²) in [7, 11) is 1.62. The average molecular weight is 398 g/mol. The van der Waals surface area contributed by atoms with Gasteiger partial charge in [0.2, 0.25) is 0 Å². The molecule has 1 aliphatic rings. The number of benzene rings is 2. The minimum atomic E-state index is -1.25. The van der Waals surface area contributed by atoms with Gasteiger partial charge in [0.25, 0.3) is 5.79 Å². The summed E-state index contributed by atoms with van der Waals surface area (Å²) in [5, 5.41) is 0. The van der Waals surface area contributed by atoms with Crippen LogP contribution in [-0.4, -0.2) is 24.8 Å². The topological polar surface area (TPSA) is 61.8 Å². The predicted octanol–water partition coefficient (Wildman–Crippen LogP) is 4.52. The number of ether oxygens (including phenoxy) is 3. The van der Waals surface area contributed by atoms with Gasteiger partial charge in [-0.15, -0.1) is 11.8 Å². The van der Waals surface area contributed by atoms with Gasteiger partial charge < -0.3 is 14.2 Å². The Bertz CT molecular complexity index is 906. The van der Waals surface area contributed by atoms with Crippen molar-refractivity contribution in [3.8, 4) is 5.75 Å². The molecule has 0 atom stereocenters. The van der Waals surface area contributed by atoms with Gasteiger partial charge in [-0.25, -0.2) is 9.59 Å². The monoisotopic (exact) mass is 398 g/mol. The molecule has 1 heterocycles. The molecule has 0 unspecified atom stereocenters. The summed E-state index contributed by atoms with van der Waals surface area (Å²) in [6.45, 7) is 5.09. The minimum absolute atomic E-state index is 0.123. The van der Waals surface area contributed by atoms with Crippen molar-refractivity contribution in [2.45, 2.75) is 37.2 Å². The average Bonchev–Trinajstić information content (AvgIpc) is 2.63. The number of esters is 2. The molecular weight excluding hydrogens is 376 g/mol. The van der Waals surface area contributed by atoms with Crippen LogP contribution < -0.4 is 4.74 Å². The third-order valence-electron chi connectivity index (χ3n) is 4.15. The molecule has 0 radical (unpaired) electrons. The van der Waals surface area contributed by atoms with Gasteiger partial charge in [-0.05, 0) is 42.8 Å². The Morgan fingerprint density at radius 2 is 1.68 bits per heavy atom.